The summed E-state index contributed by atoms with van der Waals surface area (Å²) in [4.78, 5) is 4.12. The van der Waals surface area contributed by atoms with E-state index in [1.165, 1.54) is 0 Å². The molecule has 1 N–H and O–H groups in total. The average molecular weight is 165 g/mol. The Kier molecular flexibility index (Phi) is 2.80. The molecule has 66 valence electrons. The molecule has 2 heterocycles. The van der Waals surface area contributed by atoms with Gasteiger partial charge in [-0.15, -0.1) is 0 Å². The first kappa shape index (κ1) is 8.71. The van der Waals surface area contributed by atoms with E-state index >= 15 is 0 Å². The number of hydrogen-bond acceptors (Lipinski definition) is 2. The summed E-state index contributed by atoms with van der Waals surface area (Å²) < 4.78 is 0. The average Bonchev–Trinajstić information content (AvgIpc) is 2.54. The molecule has 0 saturated carbocycles. The van der Waals surface area contributed by atoms with Crippen molar-refractivity contribution in [2.75, 3.05) is 0 Å². The SMILES string of the molecule is CC.Cc1cc2[nH]ncc2cn1.[HH]. The Labute approximate surface area is 73.3 Å². The lowest BCUT2D eigenvalue weighted by Crippen LogP contribution is -1.77. The van der Waals surface area contributed by atoms with Gasteiger partial charge in [-0.2, -0.15) is 5.10 Å². The monoisotopic (exact) mass is 165 g/mol. The molecule has 2 aromatic rings. The second-order valence-electron chi connectivity index (χ2n) is 2.28. The highest BCUT2D eigenvalue weighted by Crippen LogP contribution is 2.08. The molecule has 0 aliphatic carbocycles. The van der Waals surface area contributed by atoms with E-state index in [1.807, 2.05) is 33.0 Å². The predicted molar refractivity (Wildman–Crippen MR) is 52.1 cm³/mol. The van der Waals surface area contributed by atoms with Gasteiger partial charge in [-0.25, -0.2) is 0 Å². The highest BCUT2D eigenvalue weighted by molar-refractivity contribution is 5.76. The Morgan fingerprint density at radius 3 is 2.83 bits per heavy atom. The second-order valence-corrected chi connectivity index (χ2v) is 2.28. The zero-order valence-electron chi connectivity index (χ0n) is 7.63. The van der Waals surface area contributed by atoms with E-state index in [4.69, 9.17) is 0 Å². The van der Waals surface area contributed by atoms with Crippen LogP contribution in [0.5, 0.6) is 0 Å². The highest BCUT2D eigenvalue weighted by Gasteiger charge is 1.93. The molecule has 0 saturated heterocycles. The Morgan fingerprint density at radius 1 is 1.33 bits per heavy atom. The smallest absolute Gasteiger partial charge is 0.0683 e. The number of nitrogens with one attached hydrogen (secondary N) is 1. The summed E-state index contributed by atoms with van der Waals surface area (Å²) in [7, 11) is 0. The van der Waals surface area contributed by atoms with Crippen molar-refractivity contribution in [3.8, 4) is 0 Å². The van der Waals surface area contributed by atoms with Crippen LogP contribution in [0.4, 0.5) is 0 Å². The largest absolute Gasteiger partial charge is 0.278 e. The van der Waals surface area contributed by atoms with Crippen LogP contribution in [0, 0.1) is 6.92 Å². The first-order chi connectivity index (χ1) is 5.86. The van der Waals surface area contributed by atoms with Crippen molar-refractivity contribution in [1.29, 1.82) is 0 Å². The Morgan fingerprint density at radius 2 is 2.08 bits per heavy atom. The number of aromatic nitrogens is 3. The standard InChI is InChI=1S/C7H7N3.C2H6.H2/c1-5-2-7-6(3-8-5)4-9-10-7;1-2;/h2-4H,1H3,(H,9,10);1-2H3;1H. The molecule has 0 amide bonds. The van der Waals surface area contributed by atoms with E-state index in [9.17, 15) is 0 Å². The molecule has 0 aliphatic heterocycles. The van der Waals surface area contributed by atoms with E-state index in [0.717, 1.165) is 16.6 Å². The minimum absolute atomic E-state index is 0. The fraction of sp³-hybridized carbons (Fsp3) is 0.333. The summed E-state index contributed by atoms with van der Waals surface area (Å²) in [6, 6.07) is 1.97. The van der Waals surface area contributed by atoms with Crippen molar-refractivity contribution in [1.82, 2.24) is 15.2 Å². The Balaban J connectivity index is 0.000000451. The first-order valence-electron chi connectivity index (χ1n) is 4.12. The van der Waals surface area contributed by atoms with Gasteiger partial charge in [0.05, 0.1) is 11.7 Å². The first-order valence-corrected chi connectivity index (χ1v) is 4.12. The van der Waals surface area contributed by atoms with Gasteiger partial charge in [0.15, 0.2) is 0 Å². The number of pyridine rings is 1. The highest BCUT2D eigenvalue weighted by atomic mass is 15.1. The van der Waals surface area contributed by atoms with Crippen molar-refractivity contribution in [2.24, 2.45) is 0 Å². The van der Waals surface area contributed by atoms with Gasteiger partial charge < -0.3 is 0 Å². The molecule has 0 aromatic carbocycles. The normalized spacial score (nSPS) is 9.25. The van der Waals surface area contributed by atoms with Gasteiger partial charge in [0, 0.05) is 18.7 Å². The molecule has 0 atom stereocenters. The van der Waals surface area contributed by atoms with Crippen LogP contribution in [0.3, 0.4) is 0 Å². The quantitative estimate of drug-likeness (QED) is 0.651. The van der Waals surface area contributed by atoms with Gasteiger partial charge in [0.25, 0.3) is 0 Å². The lowest BCUT2D eigenvalue weighted by atomic mass is 10.3. The van der Waals surface area contributed by atoms with E-state index in [-0.39, 0.29) is 1.43 Å². The molecular weight excluding hydrogens is 150 g/mol. The molecule has 0 spiro atoms. The van der Waals surface area contributed by atoms with Gasteiger partial charge in [-0.3, -0.25) is 10.1 Å². The lowest BCUT2D eigenvalue weighted by Gasteiger charge is -1.88. The summed E-state index contributed by atoms with van der Waals surface area (Å²) in [6.45, 7) is 5.96. The van der Waals surface area contributed by atoms with E-state index < -0.39 is 0 Å². The third-order valence-electron chi connectivity index (χ3n) is 1.46. The summed E-state index contributed by atoms with van der Waals surface area (Å²) in [5.41, 5.74) is 2.06. The molecule has 0 radical (unpaired) electrons. The number of aryl methyl sites for hydroxylation is 1. The van der Waals surface area contributed by atoms with Crippen LogP contribution in [0.2, 0.25) is 0 Å². The molecule has 3 heteroatoms. The number of aromatic amines is 1. The fourth-order valence-corrected chi connectivity index (χ4v) is 0.941. The Bertz CT molecular complexity index is 356. The minimum atomic E-state index is 0. The van der Waals surface area contributed by atoms with E-state index in [2.05, 4.69) is 15.2 Å². The Hall–Kier alpha value is -1.38. The molecule has 12 heavy (non-hydrogen) atoms. The maximum Gasteiger partial charge on any atom is 0.0683 e. The van der Waals surface area contributed by atoms with Crippen LogP contribution in [0.1, 0.15) is 21.0 Å². The van der Waals surface area contributed by atoms with Crippen molar-refractivity contribution in [2.45, 2.75) is 20.8 Å². The van der Waals surface area contributed by atoms with Crippen molar-refractivity contribution in [3.05, 3.63) is 24.2 Å². The van der Waals surface area contributed by atoms with Gasteiger partial charge in [-0.05, 0) is 13.0 Å². The summed E-state index contributed by atoms with van der Waals surface area (Å²) in [6.07, 6.45) is 3.58. The van der Waals surface area contributed by atoms with Crippen LogP contribution in [-0.2, 0) is 0 Å². The van der Waals surface area contributed by atoms with Crippen LogP contribution < -0.4 is 0 Å². The lowest BCUT2D eigenvalue weighted by molar-refractivity contribution is 1.12. The van der Waals surface area contributed by atoms with Gasteiger partial charge >= 0.3 is 0 Å². The number of rotatable bonds is 0. The number of hydrogen-bond donors (Lipinski definition) is 1. The number of fused-ring (bicyclic) bond motifs is 1. The third-order valence-corrected chi connectivity index (χ3v) is 1.46. The van der Waals surface area contributed by atoms with Crippen molar-refractivity contribution < 1.29 is 1.43 Å². The molecule has 3 nitrogen and oxygen atoms in total. The molecule has 0 unspecified atom stereocenters. The zero-order valence-corrected chi connectivity index (χ0v) is 7.63. The van der Waals surface area contributed by atoms with Crippen LogP contribution >= 0.6 is 0 Å². The van der Waals surface area contributed by atoms with Crippen molar-refractivity contribution in [3.63, 3.8) is 0 Å². The van der Waals surface area contributed by atoms with E-state index in [1.54, 1.807) is 6.20 Å². The maximum absolute atomic E-state index is 4.12. The minimum Gasteiger partial charge on any atom is -0.278 e. The van der Waals surface area contributed by atoms with Crippen LogP contribution in [0.25, 0.3) is 10.9 Å². The summed E-state index contributed by atoms with van der Waals surface area (Å²) in [5.74, 6) is 0. The zero-order chi connectivity index (χ0) is 8.97. The van der Waals surface area contributed by atoms with Gasteiger partial charge in [0.2, 0.25) is 0 Å². The summed E-state index contributed by atoms with van der Waals surface area (Å²) in [5, 5.41) is 7.81. The molecule has 2 rings (SSSR count). The van der Waals surface area contributed by atoms with Crippen molar-refractivity contribution >= 4 is 10.9 Å². The topological polar surface area (TPSA) is 41.6 Å². The number of nitrogens with zero attached hydrogens (tertiary/aromatic N) is 2. The third kappa shape index (κ3) is 1.61. The molecule has 2 aromatic heterocycles. The van der Waals surface area contributed by atoms with Gasteiger partial charge in [-0.1, -0.05) is 13.8 Å². The molecule has 0 fully saturated rings. The molecular formula is C9H15N3. The second kappa shape index (κ2) is 3.85. The predicted octanol–water partition coefficient (Wildman–Crippen LogP) is 2.54. The molecule has 0 bridgehead atoms. The number of H-pyrrole nitrogens is 1. The molecule has 0 aliphatic rings. The van der Waals surface area contributed by atoms with E-state index in [0.29, 0.717) is 0 Å². The van der Waals surface area contributed by atoms with Crippen LogP contribution in [-0.4, -0.2) is 15.2 Å². The van der Waals surface area contributed by atoms with Gasteiger partial charge in [0.1, 0.15) is 0 Å². The summed E-state index contributed by atoms with van der Waals surface area (Å²) >= 11 is 0. The fourth-order valence-electron chi connectivity index (χ4n) is 0.941. The maximum atomic E-state index is 4.12. The van der Waals surface area contributed by atoms with Crippen LogP contribution in [0.15, 0.2) is 18.5 Å².